The minimum absolute atomic E-state index is 0.382. The quantitative estimate of drug-likeness (QED) is 0.859. The number of pyridine rings is 1. The molecule has 18 heavy (non-hydrogen) atoms. The third kappa shape index (κ3) is 2.82. The summed E-state index contributed by atoms with van der Waals surface area (Å²) < 4.78 is 0. The van der Waals surface area contributed by atoms with Gasteiger partial charge in [-0.15, -0.1) is 0 Å². The molecule has 1 fully saturated rings. The molecule has 0 radical (unpaired) electrons. The lowest BCUT2D eigenvalue weighted by Crippen LogP contribution is -2.56. The molecule has 1 heterocycles. The number of likely N-dealkylation sites (N-methyl/N-ethyl adjacent to an activating group) is 2. The average molecular weight is 248 g/mol. The van der Waals surface area contributed by atoms with Gasteiger partial charge < -0.3 is 15.5 Å². The van der Waals surface area contributed by atoms with Crippen LogP contribution in [-0.2, 0) is 6.54 Å². The zero-order valence-electron chi connectivity index (χ0n) is 11.7. The van der Waals surface area contributed by atoms with Gasteiger partial charge in [0.15, 0.2) is 0 Å². The van der Waals surface area contributed by atoms with E-state index in [2.05, 4.69) is 35.9 Å². The zero-order chi connectivity index (χ0) is 13.2. The summed E-state index contributed by atoms with van der Waals surface area (Å²) in [5.74, 6) is 0.604. The highest BCUT2D eigenvalue weighted by Gasteiger charge is 2.39. The average Bonchev–Trinajstić information content (AvgIpc) is 2.23. The van der Waals surface area contributed by atoms with Crippen LogP contribution in [0.5, 0.6) is 0 Å². The molecule has 2 rings (SSSR count). The summed E-state index contributed by atoms with van der Waals surface area (Å²) >= 11 is 0. The number of nitrogen functional groups attached to an aromatic ring is 1. The second-order valence-electron chi connectivity index (χ2n) is 5.73. The molecule has 0 aliphatic heterocycles. The molecule has 0 bridgehead atoms. The lowest BCUT2D eigenvalue weighted by molar-refractivity contribution is 0.0259. The van der Waals surface area contributed by atoms with Crippen molar-refractivity contribution in [3.8, 4) is 0 Å². The molecule has 0 unspecified atom stereocenters. The van der Waals surface area contributed by atoms with Crippen molar-refractivity contribution in [2.75, 3.05) is 33.4 Å². The summed E-state index contributed by atoms with van der Waals surface area (Å²) in [6, 6.07) is 4.00. The van der Waals surface area contributed by atoms with E-state index in [1.807, 2.05) is 12.1 Å². The van der Waals surface area contributed by atoms with E-state index in [4.69, 9.17) is 5.73 Å². The van der Waals surface area contributed by atoms with E-state index in [0.717, 1.165) is 13.1 Å². The topological polar surface area (TPSA) is 45.4 Å². The number of hydrogen-bond donors (Lipinski definition) is 1. The maximum atomic E-state index is 5.71. The number of hydrogen-bond acceptors (Lipinski definition) is 4. The van der Waals surface area contributed by atoms with Crippen LogP contribution in [0.3, 0.4) is 0 Å². The minimum Gasteiger partial charge on any atom is -0.384 e. The predicted octanol–water partition coefficient (Wildman–Crippen LogP) is 1.58. The number of rotatable bonds is 5. The second kappa shape index (κ2) is 5.24. The molecule has 1 aliphatic carbocycles. The number of nitrogens with zero attached hydrogens (tertiary/aromatic N) is 3. The predicted molar refractivity (Wildman–Crippen MR) is 75.3 cm³/mol. The number of nitrogens with two attached hydrogens (primary N) is 1. The van der Waals surface area contributed by atoms with Gasteiger partial charge in [0.05, 0.1) is 0 Å². The molecule has 0 spiro atoms. The Morgan fingerprint density at radius 2 is 2.06 bits per heavy atom. The molecule has 1 aromatic heterocycles. The lowest BCUT2D eigenvalue weighted by Gasteiger charge is -2.49. The molecule has 0 saturated heterocycles. The highest BCUT2D eigenvalue weighted by Crippen LogP contribution is 2.36. The molecule has 1 aromatic rings. The van der Waals surface area contributed by atoms with Gasteiger partial charge in [-0.2, -0.15) is 0 Å². The van der Waals surface area contributed by atoms with Gasteiger partial charge in [-0.3, -0.25) is 0 Å². The molecular formula is C14H24N4. The molecular weight excluding hydrogens is 224 g/mol. The Balaban J connectivity index is 1.94. The molecule has 0 aromatic carbocycles. The van der Waals surface area contributed by atoms with E-state index in [0.29, 0.717) is 11.4 Å². The Labute approximate surface area is 110 Å². The van der Waals surface area contributed by atoms with Crippen molar-refractivity contribution in [2.45, 2.75) is 31.3 Å². The Hall–Kier alpha value is -1.13. The van der Waals surface area contributed by atoms with Crippen molar-refractivity contribution in [2.24, 2.45) is 0 Å². The molecule has 0 atom stereocenters. The monoisotopic (exact) mass is 248 g/mol. The summed E-state index contributed by atoms with van der Waals surface area (Å²) in [4.78, 5) is 8.79. The van der Waals surface area contributed by atoms with Crippen molar-refractivity contribution in [1.82, 2.24) is 14.8 Å². The lowest BCUT2D eigenvalue weighted by atomic mass is 9.75. The standard InChI is InChI=1S/C14H24N4/c1-17(2)14(6-4-7-14)11-18(3)10-12-5-8-16-13(15)9-12/h5,8-9H,4,6-7,10-11H2,1-3H3,(H2,15,16). The fourth-order valence-corrected chi connectivity index (χ4v) is 2.79. The molecule has 1 aliphatic rings. The van der Waals surface area contributed by atoms with Crippen LogP contribution < -0.4 is 5.73 Å². The van der Waals surface area contributed by atoms with Crippen molar-refractivity contribution >= 4 is 5.82 Å². The number of aromatic nitrogens is 1. The summed E-state index contributed by atoms with van der Waals surface area (Å²) in [6.07, 6.45) is 5.75. The Morgan fingerprint density at radius 3 is 2.56 bits per heavy atom. The fourth-order valence-electron chi connectivity index (χ4n) is 2.79. The van der Waals surface area contributed by atoms with Gasteiger partial charge in [-0.05, 0) is 58.1 Å². The first-order valence-corrected chi connectivity index (χ1v) is 6.58. The van der Waals surface area contributed by atoms with E-state index in [-0.39, 0.29) is 0 Å². The smallest absolute Gasteiger partial charge is 0.123 e. The minimum atomic E-state index is 0.382. The highest BCUT2D eigenvalue weighted by atomic mass is 15.2. The Morgan fingerprint density at radius 1 is 1.33 bits per heavy atom. The molecule has 2 N–H and O–H groups in total. The summed E-state index contributed by atoms with van der Waals surface area (Å²) in [5, 5.41) is 0. The largest absolute Gasteiger partial charge is 0.384 e. The van der Waals surface area contributed by atoms with Gasteiger partial charge in [-0.25, -0.2) is 4.98 Å². The first-order valence-electron chi connectivity index (χ1n) is 6.58. The number of anilines is 1. The van der Waals surface area contributed by atoms with E-state index in [1.54, 1.807) is 6.20 Å². The first kappa shape index (κ1) is 13.3. The van der Waals surface area contributed by atoms with Crippen LogP contribution in [0.1, 0.15) is 24.8 Å². The normalized spacial score (nSPS) is 18.1. The van der Waals surface area contributed by atoms with E-state index in [9.17, 15) is 0 Å². The molecule has 4 heteroatoms. The van der Waals surface area contributed by atoms with Gasteiger partial charge in [-0.1, -0.05) is 0 Å². The van der Waals surface area contributed by atoms with Gasteiger partial charge in [0.2, 0.25) is 0 Å². The van der Waals surface area contributed by atoms with Crippen LogP contribution in [0.15, 0.2) is 18.3 Å². The highest BCUT2D eigenvalue weighted by molar-refractivity contribution is 5.31. The van der Waals surface area contributed by atoms with Gasteiger partial charge in [0, 0.05) is 24.8 Å². The van der Waals surface area contributed by atoms with Crippen molar-refractivity contribution < 1.29 is 0 Å². The van der Waals surface area contributed by atoms with Crippen LogP contribution >= 0.6 is 0 Å². The summed E-state index contributed by atoms with van der Waals surface area (Å²) in [5.41, 5.74) is 7.33. The van der Waals surface area contributed by atoms with Crippen LogP contribution in [-0.4, -0.2) is 48.0 Å². The molecule has 1 saturated carbocycles. The first-order chi connectivity index (χ1) is 8.52. The van der Waals surface area contributed by atoms with Gasteiger partial charge in [0.1, 0.15) is 5.82 Å². The maximum absolute atomic E-state index is 5.71. The maximum Gasteiger partial charge on any atom is 0.123 e. The van der Waals surface area contributed by atoms with Crippen LogP contribution in [0.4, 0.5) is 5.82 Å². The molecule has 0 amide bonds. The Bertz CT molecular complexity index is 399. The van der Waals surface area contributed by atoms with Crippen LogP contribution in [0.2, 0.25) is 0 Å². The van der Waals surface area contributed by atoms with E-state index in [1.165, 1.54) is 24.8 Å². The molecule has 100 valence electrons. The fraction of sp³-hybridized carbons (Fsp3) is 0.643. The second-order valence-corrected chi connectivity index (χ2v) is 5.73. The van der Waals surface area contributed by atoms with Crippen molar-refractivity contribution in [3.63, 3.8) is 0 Å². The zero-order valence-corrected chi connectivity index (χ0v) is 11.7. The third-order valence-electron chi connectivity index (χ3n) is 4.10. The van der Waals surface area contributed by atoms with E-state index >= 15 is 0 Å². The Kier molecular flexibility index (Phi) is 3.88. The van der Waals surface area contributed by atoms with Crippen molar-refractivity contribution in [1.29, 1.82) is 0 Å². The summed E-state index contributed by atoms with van der Waals surface area (Å²) in [6.45, 7) is 2.05. The molecule has 4 nitrogen and oxygen atoms in total. The third-order valence-corrected chi connectivity index (χ3v) is 4.10. The van der Waals surface area contributed by atoms with Gasteiger partial charge in [0.25, 0.3) is 0 Å². The van der Waals surface area contributed by atoms with E-state index < -0.39 is 0 Å². The summed E-state index contributed by atoms with van der Waals surface area (Å²) in [7, 11) is 6.56. The SMILES string of the molecule is CN(Cc1ccnc(N)c1)CC1(N(C)C)CCC1. The van der Waals surface area contributed by atoms with Crippen molar-refractivity contribution in [3.05, 3.63) is 23.9 Å². The van der Waals surface area contributed by atoms with Gasteiger partial charge >= 0.3 is 0 Å². The van der Waals surface area contributed by atoms with Crippen LogP contribution in [0.25, 0.3) is 0 Å². The van der Waals surface area contributed by atoms with Crippen LogP contribution in [0, 0.1) is 0 Å².